The molecule has 0 aliphatic carbocycles. The first-order chi connectivity index (χ1) is 8.22. The summed E-state index contributed by atoms with van der Waals surface area (Å²) in [4.78, 5) is 17.7. The minimum absolute atomic E-state index is 0.202. The first kappa shape index (κ1) is 11.3. The predicted molar refractivity (Wildman–Crippen MR) is 64.9 cm³/mol. The van der Waals surface area contributed by atoms with Gasteiger partial charge >= 0.3 is 0 Å². The number of aryl methyl sites for hydroxylation is 1. The summed E-state index contributed by atoms with van der Waals surface area (Å²) in [6, 6.07) is 9.41. The van der Waals surface area contributed by atoms with E-state index in [4.69, 9.17) is 0 Å². The molecule has 1 aromatic carbocycles. The molecule has 1 N–H and O–H groups in total. The molecule has 0 aliphatic rings. The molecule has 0 radical (unpaired) electrons. The van der Waals surface area contributed by atoms with E-state index >= 15 is 0 Å². The Morgan fingerprint density at radius 2 is 2.06 bits per heavy atom. The number of nitrogens with zero attached hydrogens (tertiary/aromatic N) is 3. The zero-order chi connectivity index (χ0) is 12.3. The lowest BCUT2D eigenvalue weighted by molar-refractivity contribution is 0.0983. The lowest BCUT2D eigenvalue weighted by Gasteiger charge is -2.14. The molecular weight excluding hydrogens is 216 g/mol. The minimum atomic E-state index is -0.216. The molecule has 0 saturated carbocycles. The number of carbonyl (C=O) groups is 1. The maximum atomic E-state index is 12.1. The summed E-state index contributed by atoms with van der Waals surface area (Å²) in [7, 11) is 1.71. The average Bonchev–Trinajstić information content (AvgIpc) is 2.87. The van der Waals surface area contributed by atoms with Gasteiger partial charge in [0.2, 0.25) is 5.82 Å². The van der Waals surface area contributed by atoms with Crippen molar-refractivity contribution in [2.24, 2.45) is 0 Å². The van der Waals surface area contributed by atoms with Crippen molar-refractivity contribution < 1.29 is 4.79 Å². The van der Waals surface area contributed by atoms with Crippen LogP contribution in [0.25, 0.3) is 0 Å². The van der Waals surface area contributed by atoms with Gasteiger partial charge in [-0.2, -0.15) is 0 Å². The van der Waals surface area contributed by atoms with Crippen LogP contribution in [0.5, 0.6) is 0 Å². The van der Waals surface area contributed by atoms with Crippen LogP contribution >= 0.6 is 0 Å². The molecule has 0 spiro atoms. The number of rotatable bonds is 3. The van der Waals surface area contributed by atoms with Crippen molar-refractivity contribution in [3.63, 3.8) is 0 Å². The Balaban J connectivity index is 2.20. The van der Waals surface area contributed by atoms with Gasteiger partial charge < -0.3 is 4.90 Å². The Hall–Kier alpha value is -2.17. The Bertz CT molecular complexity index is 506. The number of aromatic nitrogens is 3. The standard InChI is InChI=1S/C12H14N4O/c1-3-10-13-11(15-14-10)12(17)16(2)9-7-5-4-6-8-9/h4-8H,3H2,1-2H3,(H,13,14,15). The second kappa shape index (κ2) is 4.78. The maximum Gasteiger partial charge on any atom is 0.297 e. The van der Waals surface area contributed by atoms with Crippen molar-refractivity contribution in [2.45, 2.75) is 13.3 Å². The van der Waals surface area contributed by atoms with Crippen molar-refractivity contribution in [2.75, 3.05) is 11.9 Å². The number of nitrogens with one attached hydrogen (secondary N) is 1. The van der Waals surface area contributed by atoms with Gasteiger partial charge in [-0.05, 0) is 12.1 Å². The van der Waals surface area contributed by atoms with Crippen LogP contribution in [0.2, 0.25) is 0 Å². The highest BCUT2D eigenvalue weighted by Gasteiger charge is 2.17. The summed E-state index contributed by atoms with van der Waals surface area (Å²) in [6.45, 7) is 1.95. The number of hydrogen-bond donors (Lipinski definition) is 1. The third-order valence-corrected chi connectivity index (χ3v) is 2.51. The van der Waals surface area contributed by atoms with Gasteiger partial charge in [0.25, 0.3) is 5.91 Å². The van der Waals surface area contributed by atoms with Crippen molar-refractivity contribution in [3.8, 4) is 0 Å². The number of aromatic amines is 1. The minimum Gasteiger partial charge on any atom is -0.309 e. The van der Waals surface area contributed by atoms with Gasteiger partial charge in [-0.3, -0.25) is 9.89 Å². The number of anilines is 1. The van der Waals surface area contributed by atoms with Crippen LogP contribution in [0.1, 0.15) is 23.4 Å². The number of carbonyl (C=O) groups excluding carboxylic acids is 1. The van der Waals surface area contributed by atoms with Gasteiger partial charge in [-0.25, -0.2) is 4.98 Å². The summed E-state index contributed by atoms with van der Waals surface area (Å²) in [5.41, 5.74) is 0.820. The van der Waals surface area contributed by atoms with E-state index in [1.165, 1.54) is 4.90 Å². The highest BCUT2D eigenvalue weighted by Crippen LogP contribution is 2.13. The van der Waals surface area contributed by atoms with E-state index < -0.39 is 0 Å². The highest BCUT2D eigenvalue weighted by molar-refractivity contribution is 6.03. The van der Waals surface area contributed by atoms with Crippen LogP contribution in [0.15, 0.2) is 30.3 Å². The third kappa shape index (κ3) is 2.33. The van der Waals surface area contributed by atoms with E-state index in [1.807, 2.05) is 37.3 Å². The summed E-state index contributed by atoms with van der Waals surface area (Å²) in [5, 5.41) is 6.64. The third-order valence-electron chi connectivity index (χ3n) is 2.51. The monoisotopic (exact) mass is 230 g/mol. The average molecular weight is 230 g/mol. The summed E-state index contributed by atoms with van der Waals surface area (Å²) in [6.07, 6.45) is 0.731. The largest absolute Gasteiger partial charge is 0.309 e. The van der Waals surface area contributed by atoms with E-state index in [0.717, 1.165) is 17.9 Å². The molecule has 5 nitrogen and oxygen atoms in total. The predicted octanol–water partition coefficient (Wildman–Crippen LogP) is 1.64. The van der Waals surface area contributed by atoms with Crippen LogP contribution in [0.4, 0.5) is 5.69 Å². The number of para-hydroxylation sites is 1. The molecule has 1 aromatic heterocycles. The van der Waals surface area contributed by atoms with E-state index in [2.05, 4.69) is 15.2 Å². The smallest absolute Gasteiger partial charge is 0.297 e. The molecule has 5 heteroatoms. The molecule has 2 rings (SSSR count). The second-order valence-electron chi connectivity index (χ2n) is 3.66. The molecule has 0 saturated heterocycles. The van der Waals surface area contributed by atoms with Crippen molar-refractivity contribution in [3.05, 3.63) is 42.0 Å². The van der Waals surface area contributed by atoms with Crippen LogP contribution < -0.4 is 4.90 Å². The first-order valence-corrected chi connectivity index (χ1v) is 5.46. The van der Waals surface area contributed by atoms with Crippen LogP contribution in [-0.2, 0) is 6.42 Å². The lowest BCUT2D eigenvalue weighted by atomic mass is 10.3. The van der Waals surface area contributed by atoms with E-state index in [9.17, 15) is 4.79 Å². The number of H-pyrrole nitrogens is 1. The number of hydrogen-bond acceptors (Lipinski definition) is 3. The normalized spacial score (nSPS) is 10.2. The maximum absolute atomic E-state index is 12.1. The summed E-state index contributed by atoms with van der Waals surface area (Å²) in [5.74, 6) is 0.704. The van der Waals surface area contributed by atoms with Crippen LogP contribution in [0.3, 0.4) is 0 Å². The molecule has 17 heavy (non-hydrogen) atoms. The number of benzene rings is 1. The van der Waals surface area contributed by atoms with Crippen LogP contribution in [-0.4, -0.2) is 28.1 Å². The molecule has 2 aromatic rings. The second-order valence-corrected chi connectivity index (χ2v) is 3.66. The van der Waals surface area contributed by atoms with Crippen molar-refractivity contribution in [1.29, 1.82) is 0 Å². The van der Waals surface area contributed by atoms with Gasteiger partial charge in [0, 0.05) is 19.2 Å². The zero-order valence-electron chi connectivity index (χ0n) is 9.84. The topological polar surface area (TPSA) is 61.9 Å². The Morgan fingerprint density at radius 1 is 1.35 bits per heavy atom. The molecular formula is C12H14N4O. The quantitative estimate of drug-likeness (QED) is 0.872. The molecule has 0 fully saturated rings. The Kier molecular flexibility index (Phi) is 3.18. The fourth-order valence-corrected chi connectivity index (χ4v) is 1.47. The van der Waals surface area contributed by atoms with Crippen molar-refractivity contribution in [1.82, 2.24) is 15.2 Å². The molecule has 88 valence electrons. The zero-order valence-corrected chi connectivity index (χ0v) is 9.84. The lowest BCUT2D eigenvalue weighted by Crippen LogP contribution is -2.27. The van der Waals surface area contributed by atoms with Gasteiger partial charge in [0.15, 0.2) is 0 Å². The molecule has 1 amide bonds. The van der Waals surface area contributed by atoms with Gasteiger partial charge in [-0.15, -0.1) is 5.10 Å². The van der Waals surface area contributed by atoms with E-state index in [0.29, 0.717) is 0 Å². The van der Waals surface area contributed by atoms with Crippen LogP contribution in [0, 0.1) is 0 Å². The van der Waals surface area contributed by atoms with E-state index in [-0.39, 0.29) is 11.7 Å². The Morgan fingerprint density at radius 3 is 2.65 bits per heavy atom. The van der Waals surface area contributed by atoms with Gasteiger partial charge in [0.1, 0.15) is 5.82 Å². The molecule has 0 bridgehead atoms. The fourth-order valence-electron chi connectivity index (χ4n) is 1.47. The first-order valence-electron chi connectivity index (χ1n) is 5.46. The fraction of sp³-hybridized carbons (Fsp3) is 0.250. The molecule has 0 unspecified atom stereocenters. The summed E-state index contributed by atoms with van der Waals surface area (Å²) >= 11 is 0. The highest BCUT2D eigenvalue weighted by atomic mass is 16.2. The van der Waals surface area contributed by atoms with Crippen molar-refractivity contribution >= 4 is 11.6 Å². The van der Waals surface area contributed by atoms with Gasteiger partial charge in [-0.1, -0.05) is 25.1 Å². The summed E-state index contributed by atoms with van der Waals surface area (Å²) < 4.78 is 0. The molecule has 0 aliphatic heterocycles. The van der Waals surface area contributed by atoms with Gasteiger partial charge in [0.05, 0.1) is 0 Å². The number of amides is 1. The SMILES string of the molecule is CCc1nc(C(=O)N(C)c2ccccc2)n[nH]1. The van der Waals surface area contributed by atoms with E-state index in [1.54, 1.807) is 7.05 Å². The molecule has 1 heterocycles. The molecule has 0 atom stereocenters. The Labute approximate surface area is 99.5 Å².